The van der Waals surface area contributed by atoms with E-state index in [2.05, 4.69) is 0 Å². The summed E-state index contributed by atoms with van der Waals surface area (Å²) in [5.74, 6) is -0.683. The first-order valence-electron chi connectivity index (χ1n) is 8.87. The summed E-state index contributed by atoms with van der Waals surface area (Å²) in [6, 6.07) is 9.35. The largest absolute Gasteiger partial charge is 0.484 e. The highest BCUT2D eigenvalue weighted by molar-refractivity contribution is 5.94. The van der Waals surface area contributed by atoms with Crippen LogP contribution in [-0.4, -0.2) is 54.4 Å². The molecule has 2 aromatic rings. The van der Waals surface area contributed by atoms with E-state index in [9.17, 15) is 27.2 Å². The van der Waals surface area contributed by atoms with Crippen molar-refractivity contribution in [2.45, 2.75) is 6.18 Å². The number of rotatable bonds is 4. The number of alkyl halides is 3. The van der Waals surface area contributed by atoms with Gasteiger partial charge in [-0.2, -0.15) is 13.2 Å². The lowest BCUT2D eigenvalue weighted by Crippen LogP contribution is -2.51. The number of benzene rings is 2. The Morgan fingerprint density at radius 2 is 1.41 bits per heavy atom. The minimum Gasteiger partial charge on any atom is -0.484 e. The molecule has 0 aromatic heterocycles. The second-order valence-corrected chi connectivity index (χ2v) is 6.49. The van der Waals surface area contributed by atoms with Crippen LogP contribution >= 0.6 is 0 Å². The van der Waals surface area contributed by atoms with Gasteiger partial charge in [-0.25, -0.2) is 4.39 Å². The maximum Gasteiger partial charge on any atom is 0.416 e. The van der Waals surface area contributed by atoms with Gasteiger partial charge in [0, 0.05) is 31.7 Å². The van der Waals surface area contributed by atoms with Crippen molar-refractivity contribution in [2.24, 2.45) is 0 Å². The van der Waals surface area contributed by atoms with Crippen molar-refractivity contribution in [1.82, 2.24) is 9.80 Å². The average molecular weight is 410 g/mol. The summed E-state index contributed by atoms with van der Waals surface area (Å²) in [4.78, 5) is 27.7. The third-order valence-electron chi connectivity index (χ3n) is 4.55. The van der Waals surface area contributed by atoms with Crippen LogP contribution in [0.25, 0.3) is 0 Å². The predicted octanol–water partition coefficient (Wildman–Crippen LogP) is 3.21. The smallest absolute Gasteiger partial charge is 0.416 e. The van der Waals surface area contributed by atoms with E-state index in [1.165, 1.54) is 29.2 Å². The van der Waals surface area contributed by atoms with Crippen molar-refractivity contribution < 1.29 is 31.9 Å². The molecule has 1 saturated heterocycles. The van der Waals surface area contributed by atoms with E-state index in [0.29, 0.717) is 5.75 Å². The zero-order valence-electron chi connectivity index (χ0n) is 15.3. The van der Waals surface area contributed by atoms with Gasteiger partial charge in [-0.3, -0.25) is 9.59 Å². The maximum absolute atomic E-state index is 12.9. The van der Waals surface area contributed by atoms with Crippen molar-refractivity contribution in [3.63, 3.8) is 0 Å². The zero-order chi connectivity index (χ0) is 21.0. The molecular weight excluding hydrogens is 392 g/mol. The summed E-state index contributed by atoms with van der Waals surface area (Å²) >= 11 is 0. The van der Waals surface area contributed by atoms with Crippen LogP contribution in [0.15, 0.2) is 48.5 Å². The molecule has 0 aliphatic carbocycles. The van der Waals surface area contributed by atoms with E-state index < -0.39 is 17.6 Å². The molecule has 0 atom stereocenters. The van der Waals surface area contributed by atoms with Crippen LogP contribution in [0.5, 0.6) is 5.75 Å². The summed E-state index contributed by atoms with van der Waals surface area (Å²) in [5, 5.41) is 0. The monoisotopic (exact) mass is 410 g/mol. The lowest BCUT2D eigenvalue weighted by atomic mass is 10.1. The highest BCUT2D eigenvalue weighted by Gasteiger charge is 2.31. The Morgan fingerprint density at radius 3 is 1.97 bits per heavy atom. The van der Waals surface area contributed by atoms with E-state index in [1.807, 2.05) is 0 Å². The average Bonchev–Trinajstić information content (AvgIpc) is 2.72. The van der Waals surface area contributed by atoms with Gasteiger partial charge < -0.3 is 14.5 Å². The van der Waals surface area contributed by atoms with Crippen molar-refractivity contribution in [3.8, 4) is 5.75 Å². The molecule has 29 heavy (non-hydrogen) atoms. The molecule has 2 aromatic carbocycles. The molecule has 1 fully saturated rings. The minimum absolute atomic E-state index is 0.164. The first-order chi connectivity index (χ1) is 13.7. The molecule has 3 rings (SSSR count). The van der Waals surface area contributed by atoms with Crippen LogP contribution in [-0.2, 0) is 11.0 Å². The number of nitrogens with zero attached hydrogens (tertiary/aromatic N) is 2. The third-order valence-corrected chi connectivity index (χ3v) is 4.55. The van der Waals surface area contributed by atoms with Crippen molar-refractivity contribution >= 4 is 11.8 Å². The molecule has 2 amide bonds. The molecule has 0 spiro atoms. The molecule has 154 valence electrons. The Hall–Kier alpha value is -3.10. The van der Waals surface area contributed by atoms with E-state index in [1.54, 1.807) is 4.90 Å². The maximum atomic E-state index is 12.9. The fourth-order valence-electron chi connectivity index (χ4n) is 2.91. The summed E-state index contributed by atoms with van der Waals surface area (Å²) < 4.78 is 56.1. The van der Waals surface area contributed by atoms with Gasteiger partial charge in [0.2, 0.25) is 0 Å². The highest BCUT2D eigenvalue weighted by Crippen LogP contribution is 2.29. The van der Waals surface area contributed by atoms with Crippen molar-refractivity contribution in [2.75, 3.05) is 32.8 Å². The molecule has 1 aliphatic heterocycles. The Labute approximate surface area is 164 Å². The van der Waals surface area contributed by atoms with Crippen LogP contribution in [0.4, 0.5) is 17.6 Å². The Balaban J connectivity index is 1.49. The van der Waals surface area contributed by atoms with Crippen molar-refractivity contribution in [3.05, 3.63) is 65.5 Å². The summed E-state index contributed by atoms with van der Waals surface area (Å²) in [6.07, 6.45) is -4.45. The number of halogens is 4. The molecule has 9 heteroatoms. The van der Waals surface area contributed by atoms with E-state index in [-0.39, 0.29) is 50.2 Å². The molecule has 0 bridgehead atoms. The number of piperazine rings is 1. The van der Waals surface area contributed by atoms with Crippen molar-refractivity contribution in [1.29, 1.82) is 0 Å². The van der Waals surface area contributed by atoms with Gasteiger partial charge in [-0.05, 0) is 48.5 Å². The van der Waals surface area contributed by atoms with Gasteiger partial charge in [-0.1, -0.05) is 0 Å². The van der Waals surface area contributed by atoms with Gasteiger partial charge in [0.05, 0.1) is 5.56 Å². The first-order valence-corrected chi connectivity index (χ1v) is 8.87. The van der Waals surface area contributed by atoms with Crippen LogP contribution in [0.1, 0.15) is 15.9 Å². The lowest BCUT2D eigenvalue weighted by molar-refractivity contribution is -0.137. The number of ether oxygens (including phenoxy) is 1. The standard InChI is InChI=1S/C20H18F4N2O3/c21-16-5-7-17(8-6-16)29-13-18(27)25-9-11-26(12-10-25)19(28)14-1-3-15(4-2-14)20(22,23)24/h1-8H,9-13H2. The van der Waals surface area contributed by atoms with Gasteiger partial charge >= 0.3 is 6.18 Å². The molecule has 1 heterocycles. The van der Waals surface area contributed by atoms with Gasteiger partial charge in [0.15, 0.2) is 6.61 Å². The SMILES string of the molecule is O=C(COc1ccc(F)cc1)N1CCN(C(=O)c2ccc(C(F)(F)F)cc2)CC1. The summed E-state index contributed by atoms with van der Waals surface area (Å²) in [7, 11) is 0. The molecule has 0 radical (unpaired) electrons. The van der Waals surface area contributed by atoms with Gasteiger partial charge in [0.1, 0.15) is 11.6 Å². The summed E-state index contributed by atoms with van der Waals surface area (Å²) in [5.41, 5.74) is -0.650. The van der Waals surface area contributed by atoms with E-state index >= 15 is 0 Å². The summed E-state index contributed by atoms with van der Waals surface area (Å²) in [6.45, 7) is 0.902. The van der Waals surface area contributed by atoms with Crippen LogP contribution < -0.4 is 4.74 Å². The molecular formula is C20H18F4N2O3. The lowest BCUT2D eigenvalue weighted by Gasteiger charge is -2.34. The first kappa shape index (κ1) is 20.6. The normalized spacial score (nSPS) is 14.6. The Kier molecular flexibility index (Phi) is 6.05. The Morgan fingerprint density at radius 1 is 0.862 bits per heavy atom. The highest BCUT2D eigenvalue weighted by atomic mass is 19.4. The number of amides is 2. The number of hydrogen-bond donors (Lipinski definition) is 0. The second-order valence-electron chi connectivity index (χ2n) is 6.49. The quantitative estimate of drug-likeness (QED) is 0.728. The van der Waals surface area contributed by atoms with Gasteiger partial charge in [-0.15, -0.1) is 0 Å². The number of carbonyl (C=O) groups excluding carboxylic acids is 2. The fraction of sp³-hybridized carbons (Fsp3) is 0.300. The molecule has 0 unspecified atom stereocenters. The van der Waals surface area contributed by atoms with Crippen LogP contribution in [0.3, 0.4) is 0 Å². The number of hydrogen-bond acceptors (Lipinski definition) is 3. The second kappa shape index (κ2) is 8.50. The third kappa shape index (κ3) is 5.24. The fourth-order valence-corrected chi connectivity index (χ4v) is 2.91. The van der Waals surface area contributed by atoms with E-state index in [4.69, 9.17) is 4.74 Å². The predicted molar refractivity (Wildman–Crippen MR) is 95.8 cm³/mol. The van der Waals surface area contributed by atoms with E-state index in [0.717, 1.165) is 24.3 Å². The van der Waals surface area contributed by atoms with Crippen LogP contribution in [0, 0.1) is 5.82 Å². The minimum atomic E-state index is -4.45. The zero-order valence-corrected chi connectivity index (χ0v) is 15.3. The molecule has 5 nitrogen and oxygen atoms in total. The Bertz CT molecular complexity index is 859. The van der Waals surface area contributed by atoms with Gasteiger partial charge in [0.25, 0.3) is 11.8 Å². The molecule has 1 aliphatic rings. The molecule has 0 saturated carbocycles. The van der Waals surface area contributed by atoms with Crippen LogP contribution in [0.2, 0.25) is 0 Å². The molecule has 0 N–H and O–H groups in total. The topological polar surface area (TPSA) is 49.9 Å². The number of carbonyl (C=O) groups is 2.